The van der Waals surface area contributed by atoms with Gasteiger partial charge in [0.05, 0.1) is 0 Å². The smallest absolute Gasteiger partial charge is 0.315 e. The molecular formula is C16H23N3O2S. The van der Waals surface area contributed by atoms with Crippen LogP contribution in [0.3, 0.4) is 0 Å². The normalized spacial score (nSPS) is 19.2. The fourth-order valence-electron chi connectivity index (χ4n) is 2.23. The van der Waals surface area contributed by atoms with Gasteiger partial charge in [-0.25, -0.2) is 4.79 Å². The van der Waals surface area contributed by atoms with Crippen LogP contribution in [-0.2, 0) is 4.79 Å². The Morgan fingerprint density at radius 3 is 2.82 bits per heavy atom. The molecule has 5 nitrogen and oxygen atoms in total. The number of thioether (sulfide) groups is 1. The zero-order valence-corrected chi connectivity index (χ0v) is 13.8. The summed E-state index contributed by atoms with van der Waals surface area (Å²) >= 11 is 1.70. The Balaban J connectivity index is 1.71. The molecule has 0 saturated carbocycles. The van der Waals surface area contributed by atoms with Crippen LogP contribution in [0.25, 0.3) is 0 Å². The third-order valence-corrected chi connectivity index (χ3v) is 4.76. The van der Waals surface area contributed by atoms with Crippen molar-refractivity contribution in [3.8, 4) is 0 Å². The molecule has 0 radical (unpaired) electrons. The molecule has 3 amide bonds. The van der Waals surface area contributed by atoms with E-state index in [4.69, 9.17) is 0 Å². The summed E-state index contributed by atoms with van der Waals surface area (Å²) in [4.78, 5) is 24.7. The highest BCUT2D eigenvalue weighted by Crippen LogP contribution is 2.19. The maximum atomic E-state index is 11.9. The minimum atomic E-state index is -0.411. The molecular weight excluding hydrogens is 298 g/mol. The molecule has 2 rings (SSSR count). The SMILES string of the molecule is Cc1ccc(SC[C@H](C)NC(=O)N[C@@H]2CCCNC2=O)cc1. The van der Waals surface area contributed by atoms with E-state index >= 15 is 0 Å². The average molecular weight is 321 g/mol. The zero-order chi connectivity index (χ0) is 15.9. The van der Waals surface area contributed by atoms with Crippen LogP contribution in [0, 0.1) is 6.92 Å². The van der Waals surface area contributed by atoms with E-state index in [1.54, 1.807) is 11.8 Å². The van der Waals surface area contributed by atoms with Crippen LogP contribution in [0.15, 0.2) is 29.2 Å². The number of aryl methyl sites for hydroxylation is 1. The van der Waals surface area contributed by atoms with E-state index < -0.39 is 6.04 Å². The Kier molecular flexibility index (Phi) is 6.12. The standard InChI is InChI=1S/C16H23N3O2S/c1-11-5-7-13(8-6-11)22-10-12(2)18-16(21)19-14-4-3-9-17-15(14)20/h5-8,12,14H,3-4,9-10H2,1-2H3,(H,17,20)(H2,18,19,21)/t12-,14+/m0/s1. The van der Waals surface area contributed by atoms with Crippen molar-refractivity contribution in [2.24, 2.45) is 0 Å². The number of nitrogens with one attached hydrogen (secondary N) is 3. The Labute approximate surface area is 135 Å². The summed E-state index contributed by atoms with van der Waals surface area (Å²) in [6, 6.07) is 7.66. The number of hydrogen-bond acceptors (Lipinski definition) is 3. The van der Waals surface area contributed by atoms with Crippen LogP contribution >= 0.6 is 11.8 Å². The number of urea groups is 1. The van der Waals surface area contributed by atoms with Crippen molar-refractivity contribution in [2.45, 2.75) is 43.7 Å². The highest BCUT2D eigenvalue weighted by molar-refractivity contribution is 7.99. The Morgan fingerprint density at radius 2 is 2.14 bits per heavy atom. The second kappa shape index (κ2) is 8.08. The van der Waals surface area contributed by atoms with Crippen molar-refractivity contribution in [2.75, 3.05) is 12.3 Å². The van der Waals surface area contributed by atoms with Gasteiger partial charge in [-0.15, -0.1) is 11.8 Å². The van der Waals surface area contributed by atoms with Crippen LogP contribution in [0.2, 0.25) is 0 Å². The van der Waals surface area contributed by atoms with E-state index in [-0.39, 0.29) is 18.0 Å². The van der Waals surface area contributed by atoms with E-state index in [9.17, 15) is 9.59 Å². The van der Waals surface area contributed by atoms with Gasteiger partial charge in [-0.05, 0) is 38.8 Å². The van der Waals surface area contributed by atoms with E-state index in [2.05, 4.69) is 47.1 Å². The van der Waals surface area contributed by atoms with Crippen LogP contribution in [-0.4, -0.2) is 36.3 Å². The summed E-state index contributed by atoms with van der Waals surface area (Å²) < 4.78 is 0. The first-order valence-electron chi connectivity index (χ1n) is 7.59. The fraction of sp³-hybridized carbons (Fsp3) is 0.500. The van der Waals surface area contributed by atoms with Crippen molar-refractivity contribution >= 4 is 23.7 Å². The van der Waals surface area contributed by atoms with Crippen molar-refractivity contribution in [3.63, 3.8) is 0 Å². The first-order chi connectivity index (χ1) is 10.5. The molecule has 0 aromatic heterocycles. The Bertz CT molecular complexity index is 519. The number of piperidine rings is 1. The van der Waals surface area contributed by atoms with E-state index in [1.807, 2.05) is 6.92 Å². The van der Waals surface area contributed by atoms with Gasteiger partial charge in [0.1, 0.15) is 6.04 Å². The van der Waals surface area contributed by atoms with Crippen LogP contribution in [0.4, 0.5) is 4.79 Å². The number of carbonyl (C=O) groups excluding carboxylic acids is 2. The molecule has 1 aromatic carbocycles. The molecule has 0 aliphatic carbocycles. The molecule has 0 unspecified atom stereocenters. The Hall–Kier alpha value is -1.69. The summed E-state index contributed by atoms with van der Waals surface area (Å²) in [7, 11) is 0. The van der Waals surface area contributed by atoms with Gasteiger partial charge >= 0.3 is 6.03 Å². The first kappa shape index (κ1) is 16.7. The van der Waals surface area contributed by atoms with Gasteiger partial charge < -0.3 is 16.0 Å². The van der Waals surface area contributed by atoms with Gasteiger partial charge in [0.25, 0.3) is 0 Å². The van der Waals surface area contributed by atoms with Gasteiger partial charge in [0.2, 0.25) is 5.91 Å². The average Bonchev–Trinajstić information content (AvgIpc) is 2.49. The van der Waals surface area contributed by atoms with Gasteiger partial charge in [0, 0.05) is 23.2 Å². The highest BCUT2D eigenvalue weighted by Gasteiger charge is 2.23. The molecule has 1 saturated heterocycles. The van der Waals surface area contributed by atoms with Crippen molar-refractivity contribution < 1.29 is 9.59 Å². The molecule has 0 bridgehead atoms. The molecule has 6 heteroatoms. The summed E-state index contributed by atoms with van der Waals surface area (Å²) in [5.74, 6) is 0.691. The number of carbonyl (C=O) groups is 2. The van der Waals surface area contributed by atoms with Gasteiger partial charge in [0.15, 0.2) is 0 Å². The minimum Gasteiger partial charge on any atom is -0.354 e. The van der Waals surface area contributed by atoms with Crippen molar-refractivity contribution in [1.82, 2.24) is 16.0 Å². The van der Waals surface area contributed by atoms with Crippen LogP contribution < -0.4 is 16.0 Å². The second-order valence-electron chi connectivity index (χ2n) is 5.63. The maximum absolute atomic E-state index is 11.9. The highest BCUT2D eigenvalue weighted by atomic mass is 32.2. The maximum Gasteiger partial charge on any atom is 0.315 e. The van der Waals surface area contributed by atoms with Crippen molar-refractivity contribution in [3.05, 3.63) is 29.8 Å². The van der Waals surface area contributed by atoms with E-state index in [0.717, 1.165) is 12.2 Å². The van der Waals surface area contributed by atoms with E-state index in [1.165, 1.54) is 10.5 Å². The van der Waals surface area contributed by atoms with Crippen LogP contribution in [0.1, 0.15) is 25.3 Å². The third kappa shape index (κ3) is 5.26. The predicted octanol–water partition coefficient (Wildman–Crippen LogP) is 2.05. The lowest BCUT2D eigenvalue weighted by Gasteiger charge is -2.24. The fourth-order valence-corrected chi connectivity index (χ4v) is 3.09. The molecule has 0 spiro atoms. The molecule has 1 heterocycles. The number of amides is 3. The molecule has 1 aromatic rings. The van der Waals surface area contributed by atoms with Gasteiger partial charge in [-0.2, -0.15) is 0 Å². The number of hydrogen-bond donors (Lipinski definition) is 3. The monoisotopic (exact) mass is 321 g/mol. The van der Waals surface area contributed by atoms with Crippen LogP contribution in [0.5, 0.6) is 0 Å². The Morgan fingerprint density at radius 1 is 1.41 bits per heavy atom. The molecule has 22 heavy (non-hydrogen) atoms. The van der Waals surface area contributed by atoms with Gasteiger partial charge in [-0.1, -0.05) is 17.7 Å². The lowest BCUT2D eigenvalue weighted by atomic mass is 10.1. The summed E-state index contributed by atoms with van der Waals surface area (Å²) in [5, 5.41) is 8.37. The molecule has 1 fully saturated rings. The number of rotatable bonds is 5. The van der Waals surface area contributed by atoms with Crippen molar-refractivity contribution in [1.29, 1.82) is 0 Å². The largest absolute Gasteiger partial charge is 0.354 e. The van der Waals surface area contributed by atoms with E-state index in [0.29, 0.717) is 13.0 Å². The quantitative estimate of drug-likeness (QED) is 0.727. The first-order valence-corrected chi connectivity index (χ1v) is 8.57. The number of benzene rings is 1. The summed E-state index contributed by atoms with van der Waals surface area (Å²) in [6.45, 7) is 4.72. The topological polar surface area (TPSA) is 70.2 Å². The molecule has 3 N–H and O–H groups in total. The lowest BCUT2D eigenvalue weighted by Crippen LogP contribution is -2.54. The minimum absolute atomic E-state index is 0.0259. The predicted molar refractivity (Wildman–Crippen MR) is 89.1 cm³/mol. The third-order valence-electron chi connectivity index (χ3n) is 3.49. The molecule has 2 atom stereocenters. The molecule has 1 aliphatic heterocycles. The second-order valence-corrected chi connectivity index (χ2v) is 6.72. The summed E-state index contributed by atoms with van der Waals surface area (Å²) in [6.07, 6.45) is 1.60. The molecule has 1 aliphatic rings. The zero-order valence-electron chi connectivity index (χ0n) is 13.0. The van der Waals surface area contributed by atoms with Gasteiger partial charge in [-0.3, -0.25) is 4.79 Å². The summed E-state index contributed by atoms with van der Waals surface area (Å²) in [5.41, 5.74) is 1.24. The molecule has 120 valence electrons. The lowest BCUT2D eigenvalue weighted by molar-refractivity contribution is -0.124.